The van der Waals surface area contributed by atoms with Crippen molar-refractivity contribution in [3.63, 3.8) is 0 Å². The van der Waals surface area contributed by atoms with E-state index in [-0.39, 0.29) is 5.82 Å². The molecule has 136 valence electrons. The molecule has 2 aromatic carbocycles. The molecule has 4 aromatic rings. The van der Waals surface area contributed by atoms with Gasteiger partial charge in [0.25, 0.3) is 0 Å². The molecule has 8 nitrogen and oxygen atoms in total. The number of benzene rings is 2. The van der Waals surface area contributed by atoms with Crippen molar-refractivity contribution < 1.29 is 9.66 Å². The van der Waals surface area contributed by atoms with Gasteiger partial charge in [0.15, 0.2) is 5.82 Å². The first-order chi connectivity index (χ1) is 13.1. The van der Waals surface area contributed by atoms with E-state index >= 15 is 0 Å². The molecule has 2 aromatic heterocycles. The van der Waals surface area contributed by atoms with Crippen LogP contribution in [0.15, 0.2) is 54.7 Å². The summed E-state index contributed by atoms with van der Waals surface area (Å²) in [6.45, 7) is 2.39. The first kappa shape index (κ1) is 16.8. The number of hydrogen-bond donors (Lipinski definition) is 1. The Morgan fingerprint density at radius 2 is 1.96 bits per heavy atom. The van der Waals surface area contributed by atoms with Crippen molar-refractivity contribution in [3.8, 4) is 17.1 Å². The van der Waals surface area contributed by atoms with Crippen molar-refractivity contribution in [2.24, 2.45) is 0 Å². The maximum atomic E-state index is 11.0. The number of hydrogen-bond acceptors (Lipinski definition) is 5. The molecule has 0 saturated carbocycles. The zero-order valence-electron chi connectivity index (χ0n) is 14.6. The van der Waals surface area contributed by atoms with Gasteiger partial charge in [0, 0.05) is 12.5 Å². The fourth-order valence-electron chi connectivity index (χ4n) is 2.93. The van der Waals surface area contributed by atoms with Gasteiger partial charge in [-0.1, -0.05) is 12.1 Å². The van der Waals surface area contributed by atoms with E-state index in [9.17, 15) is 10.1 Å². The van der Waals surface area contributed by atoms with Gasteiger partial charge in [0.2, 0.25) is 0 Å². The summed E-state index contributed by atoms with van der Waals surface area (Å²) in [5.41, 5.74) is 2.87. The van der Waals surface area contributed by atoms with Gasteiger partial charge in [-0.3, -0.25) is 0 Å². The van der Waals surface area contributed by atoms with Crippen LogP contribution in [-0.2, 0) is 6.54 Å². The Morgan fingerprint density at radius 3 is 2.70 bits per heavy atom. The molecule has 2 heterocycles. The number of nitro groups is 1. The molecule has 0 amide bonds. The van der Waals surface area contributed by atoms with Crippen LogP contribution in [0.2, 0.25) is 0 Å². The average molecular weight is 363 g/mol. The van der Waals surface area contributed by atoms with E-state index in [1.807, 2.05) is 48.5 Å². The minimum atomic E-state index is -0.442. The summed E-state index contributed by atoms with van der Waals surface area (Å²) in [6.07, 6.45) is 1.26. The van der Waals surface area contributed by atoms with E-state index < -0.39 is 4.92 Å². The van der Waals surface area contributed by atoms with Crippen molar-refractivity contribution in [1.82, 2.24) is 19.5 Å². The third-order valence-corrected chi connectivity index (χ3v) is 4.32. The highest BCUT2D eigenvalue weighted by molar-refractivity contribution is 5.79. The van der Waals surface area contributed by atoms with Crippen molar-refractivity contribution in [1.29, 1.82) is 0 Å². The number of aromatic nitrogens is 4. The molecule has 0 spiro atoms. The SMILES string of the molecule is Cc1ncc([N+](=O)[O-])n1CCOc1ccc(-c2nc3ccccc3[nH]2)cc1. The quantitative estimate of drug-likeness (QED) is 0.416. The lowest BCUT2D eigenvalue weighted by atomic mass is 10.2. The van der Waals surface area contributed by atoms with E-state index in [1.165, 1.54) is 10.8 Å². The topological polar surface area (TPSA) is 98.9 Å². The van der Waals surface area contributed by atoms with Gasteiger partial charge in [0.1, 0.15) is 30.9 Å². The second kappa shape index (κ2) is 6.91. The molecular formula is C19H17N5O3. The number of nitrogens with one attached hydrogen (secondary N) is 1. The van der Waals surface area contributed by atoms with Crippen molar-refractivity contribution in [2.75, 3.05) is 6.61 Å². The van der Waals surface area contributed by atoms with E-state index in [1.54, 1.807) is 6.92 Å². The highest BCUT2D eigenvalue weighted by atomic mass is 16.6. The predicted molar refractivity (Wildman–Crippen MR) is 101 cm³/mol. The molecule has 4 rings (SSSR count). The third-order valence-electron chi connectivity index (χ3n) is 4.32. The Balaban J connectivity index is 1.42. The Hall–Kier alpha value is -3.68. The first-order valence-corrected chi connectivity index (χ1v) is 8.46. The Labute approximate surface area is 154 Å². The Morgan fingerprint density at radius 1 is 1.19 bits per heavy atom. The Bertz CT molecular complexity index is 1070. The molecule has 1 N–H and O–H groups in total. The molecule has 0 aliphatic heterocycles. The van der Waals surface area contributed by atoms with Crippen LogP contribution < -0.4 is 4.74 Å². The number of nitrogens with zero attached hydrogens (tertiary/aromatic N) is 4. The number of rotatable bonds is 6. The fraction of sp³-hybridized carbons (Fsp3) is 0.158. The molecule has 27 heavy (non-hydrogen) atoms. The summed E-state index contributed by atoms with van der Waals surface area (Å²) >= 11 is 0. The van der Waals surface area contributed by atoms with E-state index in [0.717, 1.165) is 22.4 Å². The lowest BCUT2D eigenvalue weighted by molar-refractivity contribution is -0.392. The van der Waals surface area contributed by atoms with Gasteiger partial charge in [0.05, 0.1) is 11.0 Å². The minimum absolute atomic E-state index is 0.0312. The highest BCUT2D eigenvalue weighted by Gasteiger charge is 2.17. The van der Waals surface area contributed by atoms with E-state index in [4.69, 9.17) is 4.74 Å². The highest BCUT2D eigenvalue weighted by Crippen LogP contribution is 2.23. The van der Waals surface area contributed by atoms with Gasteiger partial charge in [-0.15, -0.1) is 0 Å². The second-order valence-corrected chi connectivity index (χ2v) is 6.05. The summed E-state index contributed by atoms with van der Waals surface area (Å²) in [5.74, 6) is 2.05. The van der Waals surface area contributed by atoms with E-state index in [2.05, 4.69) is 15.0 Å². The van der Waals surface area contributed by atoms with Gasteiger partial charge in [-0.2, -0.15) is 0 Å². The number of fused-ring (bicyclic) bond motifs is 1. The van der Waals surface area contributed by atoms with Crippen molar-refractivity contribution >= 4 is 16.9 Å². The van der Waals surface area contributed by atoms with Crippen LogP contribution in [0.4, 0.5) is 5.82 Å². The smallest absolute Gasteiger partial charge is 0.342 e. The van der Waals surface area contributed by atoms with Crippen LogP contribution in [-0.4, -0.2) is 31.0 Å². The molecule has 0 fully saturated rings. The molecule has 0 aliphatic rings. The number of aromatic amines is 1. The molecule has 8 heteroatoms. The average Bonchev–Trinajstić information content (AvgIpc) is 3.26. The zero-order chi connectivity index (χ0) is 18.8. The van der Waals surface area contributed by atoms with Crippen molar-refractivity contribution in [2.45, 2.75) is 13.5 Å². The largest absolute Gasteiger partial charge is 0.489 e. The molecule has 0 saturated heterocycles. The van der Waals surface area contributed by atoms with Gasteiger partial charge >= 0.3 is 5.82 Å². The summed E-state index contributed by atoms with van der Waals surface area (Å²) in [4.78, 5) is 22.4. The third kappa shape index (κ3) is 3.37. The van der Waals surface area contributed by atoms with Gasteiger partial charge < -0.3 is 19.8 Å². The lowest BCUT2D eigenvalue weighted by Gasteiger charge is -2.07. The second-order valence-electron chi connectivity index (χ2n) is 6.05. The standard InChI is InChI=1S/C19H17N5O3/c1-13-20-12-18(24(25)26)23(13)10-11-27-15-8-6-14(7-9-15)19-21-16-4-2-3-5-17(16)22-19/h2-9,12H,10-11H2,1H3,(H,21,22). The van der Waals surface area contributed by atoms with Gasteiger partial charge in [-0.05, 0) is 41.3 Å². The summed E-state index contributed by atoms with van der Waals surface area (Å²) < 4.78 is 7.25. The maximum Gasteiger partial charge on any atom is 0.342 e. The summed E-state index contributed by atoms with van der Waals surface area (Å²) in [5, 5.41) is 11.0. The molecule has 0 atom stereocenters. The van der Waals surface area contributed by atoms with Crippen LogP contribution in [0.3, 0.4) is 0 Å². The van der Waals surface area contributed by atoms with Crippen LogP contribution in [0.25, 0.3) is 22.4 Å². The predicted octanol–water partition coefficient (Wildman–Crippen LogP) is 3.72. The lowest BCUT2D eigenvalue weighted by Crippen LogP contribution is -2.11. The van der Waals surface area contributed by atoms with E-state index in [0.29, 0.717) is 24.7 Å². The summed E-state index contributed by atoms with van der Waals surface area (Å²) in [7, 11) is 0. The number of para-hydroxylation sites is 2. The van der Waals surface area contributed by atoms with Crippen LogP contribution in [0.1, 0.15) is 5.82 Å². The molecular weight excluding hydrogens is 346 g/mol. The first-order valence-electron chi connectivity index (χ1n) is 8.46. The molecule has 0 radical (unpaired) electrons. The number of imidazole rings is 2. The number of ether oxygens (including phenoxy) is 1. The monoisotopic (exact) mass is 363 g/mol. The number of aryl methyl sites for hydroxylation is 1. The van der Waals surface area contributed by atoms with Crippen LogP contribution in [0.5, 0.6) is 5.75 Å². The fourth-order valence-corrected chi connectivity index (χ4v) is 2.93. The number of H-pyrrole nitrogens is 1. The summed E-state index contributed by atoms with van der Waals surface area (Å²) in [6, 6.07) is 15.4. The van der Waals surface area contributed by atoms with Gasteiger partial charge in [-0.25, -0.2) is 14.5 Å². The van der Waals surface area contributed by atoms with Crippen LogP contribution >= 0.6 is 0 Å². The maximum absolute atomic E-state index is 11.0. The molecule has 0 bridgehead atoms. The molecule has 0 aliphatic carbocycles. The van der Waals surface area contributed by atoms with Crippen molar-refractivity contribution in [3.05, 3.63) is 70.7 Å². The van der Waals surface area contributed by atoms with Crippen LogP contribution in [0, 0.1) is 17.0 Å². The normalized spacial score (nSPS) is 11.0. The minimum Gasteiger partial charge on any atom is -0.489 e. The Kier molecular flexibility index (Phi) is 4.29. The molecule has 0 unspecified atom stereocenters. The zero-order valence-corrected chi connectivity index (χ0v) is 14.6.